The number of hydrogen-bond donors (Lipinski definition) is 10. The first-order valence-electron chi connectivity index (χ1n) is 42.1. The van der Waals surface area contributed by atoms with Crippen molar-refractivity contribution in [3.05, 3.63) is 59.7 Å². The summed E-state index contributed by atoms with van der Waals surface area (Å²) in [7, 11) is 0. The van der Waals surface area contributed by atoms with Crippen LogP contribution in [-0.2, 0) is 95.4 Å². The molecule has 10 N–H and O–H groups in total. The molecule has 6 amide bonds. The molecule has 0 saturated carbocycles. The highest BCUT2D eigenvalue weighted by molar-refractivity contribution is 5.89. The number of carboxylic acid groups (broad SMARTS) is 4. The van der Waals surface area contributed by atoms with Crippen molar-refractivity contribution < 1.29 is 138 Å². The Balaban J connectivity index is 0.0000720. The Kier molecular flexibility index (Phi) is 63.3. The number of unbranched alkanes of at least 4 members (excludes halogenated alkanes) is 14. The first-order valence-corrected chi connectivity index (χ1v) is 42.1. The van der Waals surface area contributed by atoms with Crippen molar-refractivity contribution in [2.45, 2.75) is 213 Å². The van der Waals surface area contributed by atoms with Gasteiger partial charge in [0.1, 0.15) is 67.1 Å². The van der Waals surface area contributed by atoms with E-state index in [2.05, 4.69) is 31.9 Å². The molecule has 34 nitrogen and oxygen atoms in total. The van der Waals surface area contributed by atoms with E-state index in [9.17, 15) is 77.3 Å². The Morgan fingerprint density at radius 2 is 0.706 bits per heavy atom. The maximum absolute atomic E-state index is 13.1. The molecular weight excluding hydrogens is 1550 g/mol. The van der Waals surface area contributed by atoms with E-state index in [0.717, 1.165) is 77.0 Å². The molecule has 2 rings (SSSR count). The van der Waals surface area contributed by atoms with E-state index in [1.165, 1.54) is 31.2 Å². The summed E-state index contributed by atoms with van der Waals surface area (Å²) in [6.45, 7) is 7.24. The van der Waals surface area contributed by atoms with Crippen molar-refractivity contribution in [2.75, 3.05) is 152 Å². The topological polar surface area (TPSA) is 484 Å². The second-order valence-electron chi connectivity index (χ2n) is 29.0. The van der Waals surface area contributed by atoms with E-state index in [4.69, 9.17) is 57.6 Å². The molecule has 4 atom stereocenters. The van der Waals surface area contributed by atoms with Gasteiger partial charge in [-0.3, -0.25) is 52.7 Å². The van der Waals surface area contributed by atoms with Crippen LogP contribution < -0.4 is 41.4 Å². The molecule has 0 saturated heterocycles. The number of amides is 6. The lowest BCUT2D eigenvalue weighted by molar-refractivity contribution is -0.144. The molecule has 34 heteroatoms. The van der Waals surface area contributed by atoms with Crippen LogP contribution in [0.3, 0.4) is 0 Å². The Morgan fingerprint density at radius 1 is 0.319 bits per heavy atom. The predicted molar refractivity (Wildman–Crippen MR) is 441 cm³/mol. The lowest BCUT2D eigenvalue weighted by atomic mass is 9.87. The Labute approximate surface area is 702 Å². The van der Waals surface area contributed by atoms with Crippen LogP contribution >= 0.6 is 0 Å². The van der Waals surface area contributed by atoms with Crippen LogP contribution in [0.15, 0.2) is 48.5 Å². The van der Waals surface area contributed by atoms with Gasteiger partial charge in [-0.25, -0.2) is 14.4 Å². The Bertz CT molecular complexity index is 3230. The van der Waals surface area contributed by atoms with Crippen LogP contribution in [0.25, 0.3) is 0 Å². The van der Waals surface area contributed by atoms with Gasteiger partial charge in [0.25, 0.3) is 0 Å². The van der Waals surface area contributed by atoms with Crippen molar-refractivity contribution >= 4 is 82.5 Å². The number of aromatic carboxylic acids is 2. The van der Waals surface area contributed by atoms with Gasteiger partial charge in [0.2, 0.25) is 35.4 Å². The normalized spacial score (nSPS) is 12.1. The number of carbonyl (C=O) groups excluding carboxylic acids is 10. The third-order valence-corrected chi connectivity index (χ3v) is 18.9. The Morgan fingerprint density at radius 3 is 1.13 bits per heavy atom. The number of carbonyl (C=O) groups is 14. The maximum atomic E-state index is 13.1. The molecule has 0 heterocycles. The first kappa shape index (κ1) is 106. The number of Topliss-reactive ketones (excluding diaryl/α,β-unsaturated/α-hetero) is 4. The standard InChI is InChI=1S/C85H134N6O28.2H2/c1-64(22-15-17-39-86-78(98)60-115-55-52-113-49-43-90-81(101)63-117-57-51-111-47-41-88-76(96)38-37-74(85(108)109)91-77(97)26-14-10-6-4-8-12-20-46-119-73-35-30-67(31-36-73)83(104)105)75(95)59-68(65(2)92)23-16-18-40-87-79(99)61-116-56-53-112-48-42-89-80(100)62-114-54-50-110-44-21-25-70(93)32-27-69(84(106)107)58-71(94)24-13-9-5-3-7-11-19-45-118-72-33-28-66(29-34-72)82(102)103;;/h28-31,33-36,64,68-69,74H,3-27,32,37-63H2,1-2H3,(H,86,98)(H,87,99)(H,88,96)(H,89,100)(H,90,101)(H,91,97)(H,102,103)(H,104,105)(H,106,107)(H,108,109);2*1H/t64-,68+,69+,74-;;/m0../s1. The van der Waals surface area contributed by atoms with Gasteiger partial charge in [-0.1, -0.05) is 84.0 Å². The molecule has 0 unspecified atom stereocenters. The summed E-state index contributed by atoms with van der Waals surface area (Å²) < 4.78 is 54.5. The molecule has 2 aromatic rings. The number of hydrogen-bond acceptors (Lipinski definition) is 24. The van der Waals surface area contributed by atoms with E-state index < -0.39 is 47.7 Å². The molecule has 0 aliphatic rings. The van der Waals surface area contributed by atoms with Crippen molar-refractivity contribution in [3.63, 3.8) is 0 Å². The lowest BCUT2D eigenvalue weighted by Gasteiger charge is -2.16. The largest absolute Gasteiger partial charge is 0.494 e. The molecule has 676 valence electrons. The summed E-state index contributed by atoms with van der Waals surface area (Å²) in [4.78, 5) is 170. The van der Waals surface area contributed by atoms with Gasteiger partial charge in [-0.2, -0.15) is 0 Å². The van der Waals surface area contributed by atoms with Crippen LogP contribution in [0.2, 0.25) is 0 Å². The van der Waals surface area contributed by atoms with Gasteiger partial charge in [0.05, 0.1) is 103 Å². The molecule has 0 radical (unpaired) electrons. The molecular formula is C85H138N6O28. The summed E-state index contributed by atoms with van der Waals surface area (Å²) in [5.74, 6) is -6.99. The van der Waals surface area contributed by atoms with Gasteiger partial charge < -0.3 is 99.7 Å². The molecule has 0 bridgehead atoms. The van der Waals surface area contributed by atoms with Gasteiger partial charge in [0, 0.05) is 99.0 Å². The second kappa shape index (κ2) is 70.9. The van der Waals surface area contributed by atoms with Crippen LogP contribution in [0.1, 0.15) is 230 Å². The van der Waals surface area contributed by atoms with Gasteiger partial charge in [-0.15, -0.1) is 0 Å². The van der Waals surface area contributed by atoms with Crippen molar-refractivity contribution in [1.82, 2.24) is 31.9 Å². The number of ketones is 4. The fourth-order valence-corrected chi connectivity index (χ4v) is 11.9. The van der Waals surface area contributed by atoms with E-state index in [1.807, 2.05) is 6.92 Å². The highest BCUT2D eigenvalue weighted by Gasteiger charge is 2.25. The third-order valence-electron chi connectivity index (χ3n) is 18.9. The predicted octanol–water partition coefficient (Wildman–Crippen LogP) is 8.27. The van der Waals surface area contributed by atoms with Crippen molar-refractivity contribution in [1.29, 1.82) is 0 Å². The number of ether oxygens (including phenoxy) is 10. The summed E-state index contributed by atoms with van der Waals surface area (Å²) in [5, 5.41) is 53.3. The van der Waals surface area contributed by atoms with E-state index in [1.54, 1.807) is 24.3 Å². The first-order chi connectivity index (χ1) is 57.4. The monoisotopic (exact) mass is 1690 g/mol. The molecule has 2 aromatic carbocycles. The van der Waals surface area contributed by atoms with Crippen LogP contribution in [0.4, 0.5) is 0 Å². The van der Waals surface area contributed by atoms with Crippen LogP contribution in [0.5, 0.6) is 11.5 Å². The SMILES string of the molecule is CC(=O)[C@H](CCCCNC(=O)COCCOCCNC(=O)COCCOCCCC(=O)CC[C@H](CC(=O)CCCCCCCCCOc1ccc(C(=O)O)cc1)C(=O)O)CC(=O)[C@@H](C)CCCCNC(=O)COCCOCCNC(=O)COCCOCCNC(=O)CC[C@H](NC(=O)CCCCCCCCCOc1ccc(C(=O)O)cc1)C(=O)O.[HH].[HH]. The zero-order valence-electron chi connectivity index (χ0n) is 70.0. The highest BCUT2D eigenvalue weighted by atomic mass is 16.5. The van der Waals surface area contributed by atoms with Crippen molar-refractivity contribution in [3.8, 4) is 11.5 Å². The smallest absolute Gasteiger partial charge is 0.335 e. The summed E-state index contributed by atoms with van der Waals surface area (Å²) in [6, 6.07) is 11.4. The van der Waals surface area contributed by atoms with E-state index >= 15 is 0 Å². The van der Waals surface area contributed by atoms with Gasteiger partial charge in [-0.05, 0) is 126 Å². The number of carboxylic acids is 4. The number of aliphatic carboxylic acids is 2. The molecule has 0 aromatic heterocycles. The van der Waals surface area contributed by atoms with Crippen molar-refractivity contribution in [2.24, 2.45) is 17.8 Å². The zero-order valence-corrected chi connectivity index (χ0v) is 70.0. The minimum atomic E-state index is -1.22. The average molecular weight is 1690 g/mol. The third kappa shape index (κ3) is 61.1. The fourth-order valence-electron chi connectivity index (χ4n) is 11.9. The van der Waals surface area contributed by atoms with Gasteiger partial charge in [0.15, 0.2) is 0 Å². The van der Waals surface area contributed by atoms with E-state index in [0.29, 0.717) is 102 Å². The van der Waals surface area contributed by atoms with E-state index in [-0.39, 0.29) is 249 Å². The molecule has 0 fully saturated rings. The van der Waals surface area contributed by atoms with Crippen LogP contribution in [-0.4, -0.2) is 261 Å². The second-order valence-corrected chi connectivity index (χ2v) is 29.0. The summed E-state index contributed by atoms with van der Waals surface area (Å²) >= 11 is 0. The minimum Gasteiger partial charge on any atom is -0.494 e. The Hall–Kier alpha value is -8.90. The number of benzene rings is 2. The van der Waals surface area contributed by atoms with Gasteiger partial charge >= 0.3 is 23.9 Å². The fraction of sp³-hybridized carbons (Fsp3) is 0.694. The minimum absolute atomic E-state index is 0. The number of rotatable bonds is 82. The molecule has 119 heavy (non-hydrogen) atoms. The maximum Gasteiger partial charge on any atom is 0.335 e. The average Bonchev–Trinajstić information content (AvgIpc) is 0.876. The van der Waals surface area contributed by atoms with Crippen LogP contribution in [0, 0.1) is 17.8 Å². The summed E-state index contributed by atoms with van der Waals surface area (Å²) in [6.07, 6.45) is 17.5. The molecule has 0 spiro atoms. The molecule has 0 aliphatic carbocycles. The molecule has 0 aliphatic heterocycles. The highest BCUT2D eigenvalue weighted by Crippen LogP contribution is 2.22. The zero-order chi connectivity index (χ0) is 87.1. The lowest BCUT2D eigenvalue weighted by Crippen LogP contribution is -2.41. The quantitative estimate of drug-likeness (QED) is 0.0278. The summed E-state index contributed by atoms with van der Waals surface area (Å²) in [5.41, 5.74) is 0.412. The number of nitrogens with one attached hydrogen (secondary N) is 6.